The molecule has 30 heavy (non-hydrogen) atoms. The highest BCUT2D eigenvalue weighted by atomic mass is 19.1. The molecule has 2 aromatic carbocycles. The highest BCUT2D eigenvalue weighted by Gasteiger charge is 2.24. The average Bonchev–Trinajstić information content (AvgIpc) is 3.22. The highest BCUT2D eigenvalue weighted by molar-refractivity contribution is 5.94. The predicted molar refractivity (Wildman–Crippen MR) is 103 cm³/mol. The number of non-ortho nitro benzene ring substituents is 1. The van der Waals surface area contributed by atoms with Crippen molar-refractivity contribution < 1.29 is 14.1 Å². The van der Waals surface area contributed by atoms with Crippen molar-refractivity contribution in [2.45, 2.75) is 6.54 Å². The van der Waals surface area contributed by atoms with Gasteiger partial charge in [0.2, 0.25) is 0 Å². The van der Waals surface area contributed by atoms with Crippen LogP contribution >= 0.6 is 0 Å². The van der Waals surface area contributed by atoms with E-state index in [0.717, 1.165) is 0 Å². The van der Waals surface area contributed by atoms with E-state index in [1.165, 1.54) is 35.0 Å². The Balaban J connectivity index is 1.39. The van der Waals surface area contributed by atoms with Crippen molar-refractivity contribution in [3.63, 3.8) is 0 Å². The fourth-order valence-electron chi connectivity index (χ4n) is 3.36. The second kappa shape index (κ2) is 8.33. The van der Waals surface area contributed by atoms with E-state index in [4.69, 9.17) is 0 Å². The molecule has 1 aliphatic heterocycles. The van der Waals surface area contributed by atoms with Gasteiger partial charge >= 0.3 is 0 Å². The van der Waals surface area contributed by atoms with Crippen LogP contribution in [0.2, 0.25) is 0 Å². The molecule has 0 radical (unpaired) electrons. The normalized spacial score (nSPS) is 14.6. The Labute approximate surface area is 170 Å². The van der Waals surface area contributed by atoms with Crippen molar-refractivity contribution in [1.29, 1.82) is 0 Å². The van der Waals surface area contributed by atoms with Gasteiger partial charge in [-0.2, -0.15) is 4.68 Å². The number of amides is 1. The number of hydrogen-bond donors (Lipinski definition) is 0. The van der Waals surface area contributed by atoms with E-state index < -0.39 is 4.92 Å². The summed E-state index contributed by atoms with van der Waals surface area (Å²) >= 11 is 0. The summed E-state index contributed by atoms with van der Waals surface area (Å²) in [5.41, 5.74) is 0.728. The summed E-state index contributed by atoms with van der Waals surface area (Å²) < 4.78 is 15.0. The molecule has 1 fully saturated rings. The number of benzene rings is 2. The summed E-state index contributed by atoms with van der Waals surface area (Å²) in [7, 11) is 0. The Morgan fingerprint density at radius 1 is 1.10 bits per heavy atom. The zero-order chi connectivity index (χ0) is 21.1. The number of carbonyl (C=O) groups excluding carboxylic acids is 1. The Kier molecular flexibility index (Phi) is 5.44. The van der Waals surface area contributed by atoms with Gasteiger partial charge in [-0.15, -0.1) is 5.10 Å². The summed E-state index contributed by atoms with van der Waals surface area (Å²) in [6.07, 6.45) is 0. The lowest BCUT2D eigenvalue weighted by atomic mass is 10.1. The molecule has 1 amide bonds. The topological polar surface area (TPSA) is 110 Å². The second-order valence-corrected chi connectivity index (χ2v) is 6.86. The number of carbonyl (C=O) groups is 1. The molecule has 3 aromatic rings. The number of aromatic nitrogens is 4. The molecule has 0 N–H and O–H groups in total. The van der Waals surface area contributed by atoms with E-state index in [9.17, 15) is 19.3 Å². The van der Waals surface area contributed by atoms with Crippen LogP contribution in [0.25, 0.3) is 5.69 Å². The Hall–Kier alpha value is -3.73. The van der Waals surface area contributed by atoms with Crippen molar-refractivity contribution in [3.8, 4) is 5.69 Å². The minimum absolute atomic E-state index is 0.108. The fraction of sp³-hybridized carbons (Fsp3) is 0.263. The molecule has 154 valence electrons. The summed E-state index contributed by atoms with van der Waals surface area (Å²) in [5.74, 6) is -0.0377. The number of tetrazole rings is 1. The summed E-state index contributed by atoms with van der Waals surface area (Å²) in [6, 6.07) is 11.8. The number of rotatable bonds is 5. The lowest BCUT2D eigenvalue weighted by Crippen LogP contribution is -2.48. The predicted octanol–water partition coefficient (Wildman–Crippen LogP) is 1.67. The molecular weight excluding hydrogens is 393 g/mol. The molecule has 0 saturated carbocycles. The summed E-state index contributed by atoms with van der Waals surface area (Å²) in [6.45, 7) is 2.59. The van der Waals surface area contributed by atoms with Crippen LogP contribution in [0.1, 0.15) is 16.2 Å². The average molecular weight is 411 g/mol. The third-order valence-electron chi connectivity index (χ3n) is 4.92. The van der Waals surface area contributed by atoms with Crippen LogP contribution in [-0.2, 0) is 6.54 Å². The first-order chi connectivity index (χ1) is 14.5. The molecule has 4 rings (SSSR count). The number of hydrogen-bond acceptors (Lipinski definition) is 7. The second-order valence-electron chi connectivity index (χ2n) is 6.86. The molecule has 0 unspecified atom stereocenters. The van der Waals surface area contributed by atoms with Crippen molar-refractivity contribution in [1.82, 2.24) is 30.0 Å². The standard InChI is InChI=1S/C19H18FN7O3/c20-15-4-2-5-16(12-15)26-18(21-22-23-26)13-24-7-9-25(10-8-24)19(28)14-3-1-6-17(11-14)27(29)30/h1-6,11-12H,7-10,13H2. The van der Waals surface area contributed by atoms with Gasteiger partial charge in [-0.25, -0.2) is 4.39 Å². The van der Waals surface area contributed by atoms with Crippen LogP contribution in [0.15, 0.2) is 48.5 Å². The Morgan fingerprint density at radius 2 is 1.87 bits per heavy atom. The maximum Gasteiger partial charge on any atom is 0.270 e. The minimum Gasteiger partial charge on any atom is -0.336 e. The Bertz CT molecular complexity index is 1080. The molecule has 1 aromatic heterocycles. The van der Waals surface area contributed by atoms with E-state index in [2.05, 4.69) is 20.4 Å². The third kappa shape index (κ3) is 4.15. The number of halogens is 1. The van der Waals surface area contributed by atoms with Gasteiger partial charge < -0.3 is 4.90 Å². The summed E-state index contributed by atoms with van der Waals surface area (Å²) in [4.78, 5) is 26.9. The quantitative estimate of drug-likeness (QED) is 0.464. The first-order valence-corrected chi connectivity index (χ1v) is 9.30. The van der Waals surface area contributed by atoms with Gasteiger partial charge in [-0.3, -0.25) is 19.8 Å². The van der Waals surface area contributed by atoms with Gasteiger partial charge in [-0.05, 0) is 34.7 Å². The minimum atomic E-state index is -0.516. The van der Waals surface area contributed by atoms with Crippen LogP contribution in [0, 0.1) is 15.9 Å². The van der Waals surface area contributed by atoms with Crippen LogP contribution in [-0.4, -0.2) is 67.0 Å². The zero-order valence-electron chi connectivity index (χ0n) is 15.9. The maximum absolute atomic E-state index is 13.5. The molecule has 0 aliphatic carbocycles. The SMILES string of the molecule is O=C(c1cccc([N+](=O)[O-])c1)N1CCN(Cc2nnnn2-c2cccc(F)c2)CC1. The zero-order valence-corrected chi connectivity index (χ0v) is 15.9. The molecule has 0 spiro atoms. The molecule has 10 nitrogen and oxygen atoms in total. The first-order valence-electron chi connectivity index (χ1n) is 9.30. The highest BCUT2D eigenvalue weighted by Crippen LogP contribution is 2.17. The van der Waals surface area contributed by atoms with Crippen molar-refractivity contribution in [3.05, 3.63) is 75.9 Å². The van der Waals surface area contributed by atoms with Gasteiger partial charge in [-0.1, -0.05) is 12.1 Å². The number of nitro groups is 1. The molecule has 0 atom stereocenters. The molecular formula is C19H18FN7O3. The van der Waals surface area contributed by atoms with Gasteiger partial charge in [0.15, 0.2) is 5.82 Å². The number of nitrogens with zero attached hydrogens (tertiary/aromatic N) is 7. The van der Waals surface area contributed by atoms with E-state index in [-0.39, 0.29) is 17.4 Å². The van der Waals surface area contributed by atoms with Crippen LogP contribution in [0.3, 0.4) is 0 Å². The van der Waals surface area contributed by atoms with Crippen LogP contribution in [0.5, 0.6) is 0 Å². The van der Waals surface area contributed by atoms with Crippen molar-refractivity contribution >= 4 is 11.6 Å². The van der Waals surface area contributed by atoms with Gasteiger partial charge in [0.25, 0.3) is 11.6 Å². The first kappa shape index (κ1) is 19.6. The molecule has 11 heteroatoms. The van der Waals surface area contributed by atoms with E-state index in [0.29, 0.717) is 49.8 Å². The van der Waals surface area contributed by atoms with E-state index in [1.54, 1.807) is 23.1 Å². The van der Waals surface area contributed by atoms with E-state index >= 15 is 0 Å². The lowest BCUT2D eigenvalue weighted by Gasteiger charge is -2.34. The lowest BCUT2D eigenvalue weighted by molar-refractivity contribution is -0.384. The van der Waals surface area contributed by atoms with Gasteiger partial charge in [0.1, 0.15) is 5.82 Å². The van der Waals surface area contributed by atoms with Crippen molar-refractivity contribution in [2.24, 2.45) is 0 Å². The van der Waals surface area contributed by atoms with Crippen LogP contribution in [0.4, 0.5) is 10.1 Å². The van der Waals surface area contributed by atoms with Crippen molar-refractivity contribution in [2.75, 3.05) is 26.2 Å². The molecule has 2 heterocycles. The largest absolute Gasteiger partial charge is 0.336 e. The molecule has 0 bridgehead atoms. The third-order valence-corrected chi connectivity index (χ3v) is 4.92. The van der Waals surface area contributed by atoms with Gasteiger partial charge in [0.05, 0.1) is 17.2 Å². The van der Waals surface area contributed by atoms with E-state index in [1.807, 2.05) is 0 Å². The maximum atomic E-state index is 13.5. The number of nitro benzene ring substituents is 1. The molecule has 1 aliphatic rings. The smallest absolute Gasteiger partial charge is 0.270 e. The monoisotopic (exact) mass is 411 g/mol. The van der Waals surface area contributed by atoms with Crippen LogP contribution < -0.4 is 0 Å². The Morgan fingerprint density at radius 3 is 2.60 bits per heavy atom. The number of piperazine rings is 1. The summed E-state index contributed by atoms with van der Waals surface area (Å²) in [5, 5.41) is 22.6. The molecule has 1 saturated heterocycles. The fourth-order valence-corrected chi connectivity index (χ4v) is 3.36. The van der Waals surface area contributed by atoms with Gasteiger partial charge in [0, 0.05) is 43.9 Å².